The van der Waals surface area contributed by atoms with Crippen LogP contribution in [0.3, 0.4) is 0 Å². The van der Waals surface area contributed by atoms with Crippen LogP contribution in [0, 0.1) is 16.0 Å². The van der Waals surface area contributed by atoms with Crippen LogP contribution in [0.25, 0.3) is 0 Å². The van der Waals surface area contributed by atoms with Crippen molar-refractivity contribution < 1.29 is 23.2 Å². The fraction of sp³-hybridized carbons (Fsp3) is 0.364. The standard InChI is InChI=1S/C11H15N3O6S/c1-7(2)6-12-21(19,20)13-9-4-3-8(11(15)16)5-10(9)14(17)18/h3-5,7,12-13H,6H2,1-2H3,(H,15,16). The second kappa shape index (κ2) is 6.50. The van der Waals surface area contributed by atoms with E-state index in [1.807, 2.05) is 4.72 Å². The molecule has 1 aromatic carbocycles. The van der Waals surface area contributed by atoms with Gasteiger partial charge in [-0.25, -0.2) is 4.79 Å². The highest BCUT2D eigenvalue weighted by Crippen LogP contribution is 2.26. The Hall–Kier alpha value is -2.20. The number of carboxylic acids is 1. The third-order valence-corrected chi connectivity index (χ3v) is 3.40. The Morgan fingerprint density at radius 1 is 1.43 bits per heavy atom. The summed E-state index contributed by atoms with van der Waals surface area (Å²) in [5.41, 5.74) is -1.24. The molecule has 0 heterocycles. The molecule has 1 aromatic rings. The number of nitrogens with zero attached hydrogens (tertiary/aromatic N) is 1. The van der Waals surface area contributed by atoms with Crippen LogP contribution in [0.15, 0.2) is 18.2 Å². The third-order valence-electron chi connectivity index (χ3n) is 2.37. The van der Waals surface area contributed by atoms with E-state index in [0.29, 0.717) is 0 Å². The summed E-state index contributed by atoms with van der Waals surface area (Å²) in [5, 5.41) is 19.7. The van der Waals surface area contributed by atoms with Crippen LogP contribution in [-0.2, 0) is 10.2 Å². The molecule has 0 bridgehead atoms. The van der Waals surface area contributed by atoms with E-state index in [-0.39, 0.29) is 23.7 Å². The molecule has 0 radical (unpaired) electrons. The predicted molar refractivity (Wildman–Crippen MR) is 75.4 cm³/mol. The highest BCUT2D eigenvalue weighted by Gasteiger charge is 2.21. The van der Waals surface area contributed by atoms with Gasteiger partial charge in [-0.2, -0.15) is 13.1 Å². The van der Waals surface area contributed by atoms with E-state index >= 15 is 0 Å². The number of nitro benzene ring substituents is 1. The molecule has 21 heavy (non-hydrogen) atoms. The molecule has 0 spiro atoms. The normalized spacial score (nSPS) is 11.4. The molecule has 0 aromatic heterocycles. The molecule has 0 unspecified atom stereocenters. The molecular weight excluding hydrogens is 302 g/mol. The maximum Gasteiger partial charge on any atom is 0.335 e. The SMILES string of the molecule is CC(C)CNS(=O)(=O)Nc1ccc(C(=O)O)cc1[N+](=O)[O-]. The van der Waals surface area contributed by atoms with Crippen LogP contribution in [-0.4, -0.2) is 31.0 Å². The number of aromatic carboxylic acids is 1. The van der Waals surface area contributed by atoms with Gasteiger partial charge in [-0.1, -0.05) is 13.8 Å². The quantitative estimate of drug-likeness (QED) is 0.510. The Morgan fingerprint density at radius 2 is 2.05 bits per heavy atom. The number of hydrogen-bond acceptors (Lipinski definition) is 5. The van der Waals surface area contributed by atoms with Crippen LogP contribution >= 0.6 is 0 Å². The monoisotopic (exact) mass is 317 g/mol. The lowest BCUT2D eigenvalue weighted by atomic mass is 10.2. The minimum Gasteiger partial charge on any atom is -0.478 e. The van der Waals surface area contributed by atoms with Gasteiger partial charge in [-0.15, -0.1) is 0 Å². The Bertz CT molecular complexity index is 656. The van der Waals surface area contributed by atoms with E-state index in [0.717, 1.165) is 18.2 Å². The fourth-order valence-electron chi connectivity index (χ4n) is 1.36. The largest absolute Gasteiger partial charge is 0.478 e. The van der Waals surface area contributed by atoms with Gasteiger partial charge in [0.1, 0.15) is 5.69 Å². The average Bonchev–Trinajstić information content (AvgIpc) is 2.36. The van der Waals surface area contributed by atoms with Gasteiger partial charge in [0.25, 0.3) is 15.9 Å². The van der Waals surface area contributed by atoms with E-state index in [9.17, 15) is 23.3 Å². The highest BCUT2D eigenvalue weighted by molar-refractivity contribution is 7.90. The molecule has 0 saturated carbocycles. The molecule has 0 amide bonds. The fourth-order valence-corrected chi connectivity index (χ4v) is 2.45. The van der Waals surface area contributed by atoms with Gasteiger partial charge < -0.3 is 5.11 Å². The molecule has 0 fully saturated rings. The van der Waals surface area contributed by atoms with Crippen molar-refractivity contribution in [2.45, 2.75) is 13.8 Å². The number of carbonyl (C=O) groups is 1. The van der Waals surface area contributed by atoms with Crippen LogP contribution in [0.2, 0.25) is 0 Å². The molecule has 0 aliphatic heterocycles. The number of carboxylic acid groups (broad SMARTS) is 1. The first kappa shape index (κ1) is 16.9. The number of hydrogen-bond donors (Lipinski definition) is 3. The zero-order chi connectivity index (χ0) is 16.2. The Morgan fingerprint density at radius 3 is 2.52 bits per heavy atom. The first-order valence-corrected chi connectivity index (χ1v) is 7.40. The zero-order valence-electron chi connectivity index (χ0n) is 11.4. The van der Waals surface area contributed by atoms with Crippen molar-refractivity contribution in [2.24, 2.45) is 5.92 Å². The molecule has 3 N–H and O–H groups in total. The second-order valence-electron chi connectivity index (χ2n) is 4.64. The maximum absolute atomic E-state index is 11.7. The van der Waals surface area contributed by atoms with Crippen molar-refractivity contribution in [3.63, 3.8) is 0 Å². The smallest absolute Gasteiger partial charge is 0.335 e. The van der Waals surface area contributed by atoms with Crippen LogP contribution < -0.4 is 9.44 Å². The van der Waals surface area contributed by atoms with Gasteiger partial charge in [0, 0.05) is 12.6 Å². The van der Waals surface area contributed by atoms with Crippen molar-refractivity contribution in [2.75, 3.05) is 11.3 Å². The molecule has 0 saturated heterocycles. The summed E-state index contributed by atoms with van der Waals surface area (Å²) in [6.45, 7) is 3.76. The summed E-state index contributed by atoms with van der Waals surface area (Å²) < 4.78 is 27.7. The third kappa shape index (κ3) is 5.00. The molecule has 1 rings (SSSR count). The maximum atomic E-state index is 11.7. The van der Waals surface area contributed by atoms with E-state index in [1.165, 1.54) is 0 Å². The van der Waals surface area contributed by atoms with Crippen molar-refractivity contribution >= 4 is 27.6 Å². The Kier molecular flexibility index (Phi) is 5.22. The van der Waals surface area contributed by atoms with E-state index in [2.05, 4.69) is 4.72 Å². The molecule has 0 aliphatic carbocycles. The molecule has 0 aliphatic rings. The summed E-state index contributed by atoms with van der Waals surface area (Å²) in [7, 11) is -3.97. The van der Waals surface area contributed by atoms with Crippen molar-refractivity contribution in [3.8, 4) is 0 Å². The first-order valence-electron chi connectivity index (χ1n) is 5.91. The van der Waals surface area contributed by atoms with Gasteiger partial charge in [-0.05, 0) is 18.1 Å². The van der Waals surface area contributed by atoms with Gasteiger partial charge in [0.2, 0.25) is 0 Å². The minimum atomic E-state index is -3.97. The minimum absolute atomic E-state index is 0.0611. The number of nitro groups is 1. The summed E-state index contributed by atoms with van der Waals surface area (Å²) in [5.74, 6) is -1.28. The van der Waals surface area contributed by atoms with Crippen LogP contribution in [0.1, 0.15) is 24.2 Å². The number of benzene rings is 1. The lowest BCUT2D eigenvalue weighted by molar-refractivity contribution is -0.383. The zero-order valence-corrected chi connectivity index (χ0v) is 12.2. The lowest BCUT2D eigenvalue weighted by Gasteiger charge is -2.11. The summed E-state index contributed by atoms with van der Waals surface area (Å²) >= 11 is 0. The van der Waals surface area contributed by atoms with Crippen molar-refractivity contribution in [1.29, 1.82) is 0 Å². The van der Waals surface area contributed by atoms with Crippen molar-refractivity contribution in [1.82, 2.24) is 4.72 Å². The summed E-state index contributed by atoms with van der Waals surface area (Å²) in [6.07, 6.45) is 0. The predicted octanol–water partition coefficient (Wildman–Crippen LogP) is 1.20. The average molecular weight is 317 g/mol. The Balaban J connectivity index is 3.08. The van der Waals surface area contributed by atoms with E-state index in [1.54, 1.807) is 13.8 Å². The first-order chi connectivity index (χ1) is 9.62. The lowest BCUT2D eigenvalue weighted by Crippen LogP contribution is -2.33. The van der Waals surface area contributed by atoms with Gasteiger partial charge in [-0.3, -0.25) is 14.8 Å². The van der Waals surface area contributed by atoms with Gasteiger partial charge in [0.05, 0.1) is 10.5 Å². The Labute approximate surface area is 121 Å². The van der Waals surface area contributed by atoms with Crippen LogP contribution in [0.5, 0.6) is 0 Å². The molecule has 9 nitrogen and oxygen atoms in total. The number of anilines is 1. The molecule has 10 heteroatoms. The van der Waals surface area contributed by atoms with Gasteiger partial charge >= 0.3 is 5.97 Å². The summed E-state index contributed by atoms with van der Waals surface area (Å²) in [6, 6.07) is 2.91. The molecular formula is C11H15N3O6S. The highest BCUT2D eigenvalue weighted by atomic mass is 32.2. The molecule has 116 valence electrons. The van der Waals surface area contributed by atoms with Gasteiger partial charge in [0.15, 0.2) is 0 Å². The number of rotatable bonds is 7. The summed E-state index contributed by atoms with van der Waals surface area (Å²) in [4.78, 5) is 20.8. The van der Waals surface area contributed by atoms with E-state index in [4.69, 9.17) is 5.11 Å². The number of nitrogens with one attached hydrogen (secondary N) is 2. The topological polar surface area (TPSA) is 139 Å². The molecule has 0 atom stereocenters. The second-order valence-corrected chi connectivity index (χ2v) is 6.14. The van der Waals surface area contributed by atoms with E-state index < -0.39 is 26.8 Å². The van der Waals surface area contributed by atoms with Crippen LogP contribution in [0.4, 0.5) is 11.4 Å². The van der Waals surface area contributed by atoms with Crippen molar-refractivity contribution in [3.05, 3.63) is 33.9 Å².